The van der Waals surface area contributed by atoms with Crippen LogP contribution in [0.1, 0.15) is 10.5 Å². The minimum atomic E-state index is -0.0722. The van der Waals surface area contributed by atoms with Crippen LogP contribution in [0.25, 0.3) is 0 Å². The van der Waals surface area contributed by atoms with Crippen LogP contribution >= 0.6 is 0 Å². The van der Waals surface area contributed by atoms with Gasteiger partial charge in [0.15, 0.2) is 0 Å². The Morgan fingerprint density at radius 3 is 2.34 bits per heavy atom. The third kappa shape index (κ3) is 4.43. The number of carbonyl (C=O) groups excluding carboxylic acids is 1. The number of pyridine rings is 1. The Labute approximate surface area is 169 Å². The Balaban J connectivity index is 1.39. The number of hydrogen-bond donors (Lipinski definition) is 1. The average Bonchev–Trinajstić information content (AvgIpc) is 2.80. The van der Waals surface area contributed by atoms with Gasteiger partial charge < -0.3 is 19.9 Å². The quantitative estimate of drug-likeness (QED) is 0.717. The molecule has 0 atom stereocenters. The first-order valence-corrected chi connectivity index (χ1v) is 9.41. The van der Waals surface area contributed by atoms with Crippen LogP contribution in [0.3, 0.4) is 0 Å². The van der Waals surface area contributed by atoms with Gasteiger partial charge in [0.2, 0.25) is 5.95 Å². The van der Waals surface area contributed by atoms with E-state index in [1.54, 1.807) is 37.8 Å². The molecule has 148 valence electrons. The second-order valence-electron chi connectivity index (χ2n) is 6.61. The van der Waals surface area contributed by atoms with E-state index in [9.17, 15) is 4.79 Å². The molecule has 3 heterocycles. The van der Waals surface area contributed by atoms with Crippen LogP contribution in [0.2, 0.25) is 0 Å². The second kappa shape index (κ2) is 8.55. The highest BCUT2D eigenvalue weighted by Gasteiger charge is 2.24. The van der Waals surface area contributed by atoms with Gasteiger partial charge in [-0.15, -0.1) is 0 Å². The second-order valence-corrected chi connectivity index (χ2v) is 6.61. The van der Waals surface area contributed by atoms with Crippen LogP contribution in [0.5, 0.6) is 5.75 Å². The molecule has 0 spiro atoms. The molecule has 1 fully saturated rings. The number of nitrogens with zero attached hydrogens (tertiary/aromatic N) is 5. The maximum absolute atomic E-state index is 12.9. The first kappa shape index (κ1) is 18.7. The standard InChI is InChI=1S/C21H22N6O2/c1-29-18-5-3-16(4-6-18)25-17-7-10-22-19(15-17)20(28)26-11-13-27(14-12-26)21-23-8-2-9-24-21/h2-10,15H,11-14H2,1H3,(H,22,25). The van der Waals surface area contributed by atoms with Crippen LogP contribution in [0.15, 0.2) is 61.1 Å². The molecular weight excluding hydrogens is 368 g/mol. The van der Waals surface area contributed by atoms with Gasteiger partial charge in [-0.3, -0.25) is 9.78 Å². The van der Waals surface area contributed by atoms with E-state index in [0.717, 1.165) is 17.1 Å². The highest BCUT2D eigenvalue weighted by Crippen LogP contribution is 2.21. The zero-order valence-corrected chi connectivity index (χ0v) is 16.2. The van der Waals surface area contributed by atoms with E-state index in [1.807, 2.05) is 35.2 Å². The fourth-order valence-electron chi connectivity index (χ4n) is 3.19. The summed E-state index contributed by atoms with van der Waals surface area (Å²) in [6.07, 6.45) is 5.10. The number of carbonyl (C=O) groups is 1. The molecule has 0 saturated carbocycles. The molecule has 1 aromatic carbocycles. The molecular formula is C21H22N6O2. The van der Waals surface area contributed by atoms with E-state index < -0.39 is 0 Å². The molecule has 8 nitrogen and oxygen atoms in total. The SMILES string of the molecule is COc1ccc(Nc2ccnc(C(=O)N3CCN(c4ncccn4)CC3)c2)cc1. The van der Waals surface area contributed by atoms with E-state index in [-0.39, 0.29) is 5.91 Å². The van der Waals surface area contributed by atoms with Crippen molar-refractivity contribution < 1.29 is 9.53 Å². The fraction of sp³-hybridized carbons (Fsp3) is 0.238. The lowest BCUT2D eigenvalue weighted by atomic mass is 10.2. The summed E-state index contributed by atoms with van der Waals surface area (Å²) in [5.41, 5.74) is 2.14. The molecule has 1 aliphatic heterocycles. The summed E-state index contributed by atoms with van der Waals surface area (Å²) in [4.78, 5) is 29.6. The van der Waals surface area contributed by atoms with E-state index in [1.165, 1.54) is 0 Å². The largest absolute Gasteiger partial charge is 0.497 e. The average molecular weight is 390 g/mol. The summed E-state index contributed by atoms with van der Waals surface area (Å²) >= 11 is 0. The van der Waals surface area contributed by atoms with Gasteiger partial charge in [-0.05, 0) is 42.5 Å². The van der Waals surface area contributed by atoms with Crippen molar-refractivity contribution in [3.05, 3.63) is 66.7 Å². The Morgan fingerprint density at radius 2 is 1.66 bits per heavy atom. The lowest BCUT2D eigenvalue weighted by molar-refractivity contribution is 0.0740. The lowest BCUT2D eigenvalue weighted by Gasteiger charge is -2.34. The van der Waals surface area contributed by atoms with Gasteiger partial charge in [0.05, 0.1) is 7.11 Å². The summed E-state index contributed by atoms with van der Waals surface area (Å²) in [5.74, 6) is 1.42. The number of aromatic nitrogens is 3. The molecule has 2 aromatic heterocycles. The molecule has 0 unspecified atom stereocenters. The number of ether oxygens (including phenoxy) is 1. The van der Waals surface area contributed by atoms with Crippen molar-refractivity contribution in [2.24, 2.45) is 0 Å². The molecule has 0 radical (unpaired) electrons. The Kier molecular flexibility index (Phi) is 5.51. The minimum absolute atomic E-state index is 0.0722. The number of piperazine rings is 1. The van der Waals surface area contributed by atoms with Crippen molar-refractivity contribution >= 4 is 23.2 Å². The highest BCUT2D eigenvalue weighted by atomic mass is 16.5. The van der Waals surface area contributed by atoms with Gasteiger partial charge >= 0.3 is 0 Å². The summed E-state index contributed by atoms with van der Waals surface area (Å²) in [5, 5.41) is 3.29. The van der Waals surface area contributed by atoms with Gasteiger partial charge in [0.1, 0.15) is 11.4 Å². The minimum Gasteiger partial charge on any atom is -0.497 e. The summed E-state index contributed by atoms with van der Waals surface area (Å²) in [7, 11) is 1.63. The topological polar surface area (TPSA) is 83.5 Å². The molecule has 29 heavy (non-hydrogen) atoms. The summed E-state index contributed by atoms with van der Waals surface area (Å²) in [6, 6.07) is 13.0. The maximum atomic E-state index is 12.9. The Morgan fingerprint density at radius 1 is 0.931 bits per heavy atom. The van der Waals surface area contributed by atoms with Crippen LogP contribution in [-0.4, -0.2) is 59.0 Å². The molecule has 1 amide bonds. The molecule has 0 aliphatic carbocycles. The fourth-order valence-corrected chi connectivity index (χ4v) is 3.19. The van der Waals surface area contributed by atoms with Crippen LogP contribution in [0, 0.1) is 0 Å². The molecule has 0 bridgehead atoms. The van der Waals surface area contributed by atoms with Crippen LogP contribution in [-0.2, 0) is 0 Å². The first-order valence-electron chi connectivity index (χ1n) is 9.41. The molecule has 3 aromatic rings. The number of hydrogen-bond acceptors (Lipinski definition) is 7. The normalized spacial score (nSPS) is 13.8. The predicted molar refractivity (Wildman–Crippen MR) is 111 cm³/mol. The third-order valence-corrected chi connectivity index (χ3v) is 4.76. The lowest BCUT2D eigenvalue weighted by Crippen LogP contribution is -2.49. The van der Waals surface area contributed by atoms with Crippen molar-refractivity contribution in [2.75, 3.05) is 43.5 Å². The van der Waals surface area contributed by atoms with Gasteiger partial charge in [0, 0.05) is 56.1 Å². The zero-order chi connectivity index (χ0) is 20.1. The van der Waals surface area contributed by atoms with E-state index in [0.29, 0.717) is 37.8 Å². The third-order valence-electron chi connectivity index (χ3n) is 4.76. The van der Waals surface area contributed by atoms with Crippen LogP contribution in [0.4, 0.5) is 17.3 Å². The van der Waals surface area contributed by atoms with Crippen molar-refractivity contribution in [1.29, 1.82) is 0 Å². The summed E-state index contributed by atoms with van der Waals surface area (Å²) in [6.45, 7) is 2.60. The van der Waals surface area contributed by atoms with Crippen LogP contribution < -0.4 is 15.0 Å². The number of rotatable bonds is 5. The van der Waals surface area contributed by atoms with Crippen molar-refractivity contribution in [3.8, 4) is 5.75 Å². The molecule has 1 saturated heterocycles. The number of amides is 1. The van der Waals surface area contributed by atoms with E-state index >= 15 is 0 Å². The van der Waals surface area contributed by atoms with Gasteiger partial charge in [0.25, 0.3) is 5.91 Å². The zero-order valence-electron chi connectivity index (χ0n) is 16.2. The van der Waals surface area contributed by atoms with Gasteiger partial charge in [-0.25, -0.2) is 9.97 Å². The summed E-state index contributed by atoms with van der Waals surface area (Å²) < 4.78 is 5.17. The number of benzene rings is 1. The van der Waals surface area contributed by atoms with Crippen molar-refractivity contribution in [1.82, 2.24) is 19.9 Å². The van der Waals surface area contributed by atoms with Crippen molar-refractivity contribution in [2.45, 2.75) is 0 Å². The smallest absolute Gasteiger partial charge is 0.272 e. The number of methoxy groups -OCH3 is 1. The van der Waals surface area contributed by atoms with E-state index in [4.69, 9.17) is 4.74 Å². The molecule has 1 aliphatic rings. The van der Waals surface area contributed by atoms with Gasteiger partial charge in [-0.1, -0.05) is 0 Å². The first-order chi connectivity index (χ1) is 14.2. The van der Waals surface area contributed by atoms with Gasteiger partial charge in [-0.2, -0.15) is 0 Å². The number of nitrogens with one attached hydrogen (secondary N) is 1. The monoisotopic (exact) mass is 390 g/mol. The predicted octanol–water partition coefficient (Wildman–Crippen LogP) is 2.59. The molecule has 4 rings (SSSR count). The van der Waals surface area contributed by atoms with E-state index in [2.05, 4.69) is 25.2 Å². The number of anilines is 3. The maximum Gasteiger partial charge on any atom is 0.272 e. The Hall–Kier alpha value is -3.68. The highest BCUT2D eigenvalue weighted by molar-refractivity contribution is 5.93. The molecule has 8 heteroatoms. The van der Waals surface area contributed by atoms with Crippen molar-refractivity contribution in [3.63, 3.8) is 0 Å². The Bertz CT molecular complexity index is 956. The molecule has 1 N–H and O–H groups in total.